The standard InChI is InChI=1S/C23H21ClN2O3/c1-15(29-23(28)18-12-13-19(24)20(25)14-18)22(27)26-21(16-8-4-2-5-9-16)17-10-6-3-7-11-17/h2-15,21H,25H2,1H3,(H,26,27)/t15-/m1/s1. The first-order valence-corrected chi connectivity index (χ1v) is 9.50. The average Bonchev–Trinajstić information content (AvgIpc) is 2.74. The minimum absolute atomic E-state index is 0.231. The van der Waals surface area contributed by atoms with E-state index in [1.54, 1.807) is 0 Å². The number of hydrogen-bond donors (Lipinski definition) is 2. The molecule has 5 nitrogen and oxygen atoms in total. The van der Waals surface area contributed by atoms with E-state index in [1.807, 2.05) is 60.7 Å². The number of hydrogen-bond acceptors (Lipinski definition) is 4. The van der Waals surface area contributed by atoms with Gasteiger partial charge in [-0.3, -0.25) is 4.79 Å². The molecule has 148 valence electrons. The van der Waals surface area contributed by atoms with Crippen LogP contribution in [0.1, 0.15) is 34.5 Å². The Morgan fingerprint density at radius 1 is 0.931 bits per heavy atom. The molecular weight excluding hydrogens is 388 g/mol. The van der Waals surface area contributed by atoms with Crippen LogP contribution in [-0.4, -0.2) is 18.0 Å². The van der Waals surface area contributed by atoms with Crippen LogP contribution in [0.15, 0.2) is 78.9 Å². The van der Waals surface area contributed by atoms with Crippen molar-refractivity contribution in [3.63, 3.8) is 0 Å². The fourth-order valence-corrected chi connectivity index (χ4v) is 2.98. The van der Waals surface area contributed by atoms with Crippen LogP contribution >= 0.6 is 11.6 Å². The van der Waals surface area contributed by atoms with E-state index < -0.39 is 18.0 Å². The zero-order valence-corrected chi connectivity index (χ0v) is 16.6. The monoisotopic (exact) mass is 408 g/mol. The number of nitrogen functional groups attached to an aromatic ring is 1. The zero-order chi connectivity index (χ0) is 20.8. The molecule has 6 heteroatoms. The number of nitrogens with two attached hydrogens (primary N) is 1. The second-order valence-electron chi connectivity index (χ2n) is 6.55. The topological polar surface area (TPSA) is 81.4 Å². The van der Waals surface area contributed by atoms with Crippen molar-refractivity contribution < 1.29 is 14.3 Å². The first kappa shape index (κ1) is 20.4. The van der Waals surface area contributed by atoms with Gasteiger partial charge < -0.3 is 15.8 Å². The SMILES string of the molecule is C[C@@H](OC(=O)c1ccc(Cl)c(N)c1)C(=O)NC(c1ccccc1)c1ccccc1. The van der Waals surface area contributed by atoms with Crippen LogP contribution in [0.5, 0.6) is 0 Å². The summed E-state index contributed by atoms with van der Waals surface area (Å²) in [5, 5.41) is 3.31. The van der Waals surface area contributed by atoms with Crippen molar-refractivity contribution >= 4 is 29.2 Å². The number of benzene rings is 3. The summed E-state index contributed by atoms with van der Waals surface area (Å²) in [6, 6.07) is 23.3. The van der Waals surface area contributed by atoms with Gasteiger partial charge in [0.05, 0.1) is 22.3 Å². The summed E-state index contributed by atoms with van der Waals surface area (Å²) in [6.07, 6.45) is -0.991. The highest BCUT2D eigenvalue weighted by molar-refractivity contribution is 6.33. The Bertz CT molecular complexity index is 954. The van der Waals surface area contributed by atoms with Gasteiger partial charge in [-0.1, -0.05) is 72.3 Å². The van der Waals surface area contributed by atoms with E-state index in [9.17, 15) is 9.59 Å². The van der Waals surface area contributed by atoms with E-state index in [-0.39, 0.29) is 17.3 Å². The van der Waals surface area contributed by atoms with Gasteiger partial charge in [0.2, 0.25) is 0 Å². The molecule has 0 aliphatic carbocycles. The Morgan fingerprint density at radius 3 is 2.00 bits per heavy atom. The maximum atomic E-state index is 12.8. The van der Waals surface area contributed by atoms with Crippen LogP contribution in [0.2, 0.25) is 5.02 Å². The molecule has 0 aliphatic heterocycles. The van der Waals surface area contributed by atoms with Crippen LogP contribution < -0.4 is 11.1 Å². The number of amides is 1. The second-order valence-corrected chi connectivity index (χ2v) is 6.95. The molecule has 1 amide bonds. The van der Waals surface area contributed by atoms with Crippen molar-refractivity contribution in [2.24, 2.45) is 0 Å². The molecule has 0 heterocycles. The molecule has 0 bridgehead atoms. The fraction of sp³-hybridized carbons (Fsp3) is 0.130. The lowest BCUT2D eigenvalue weighted by molar-refractivity contribution is -0.129. The van der Waals surface area contributed by atoms with Crippen molar-refractivity contribution in [1.82, 2.24) is 5.32 Å². The Balaban J connectivity index is 1.73. The minimum atomic E-state index is -0.991. The number of rotatable bonds is 6. The third-order valence-electron chi connectivity index (χ3n) is 4.44. The minimum Gasteiger partial charge on any atom is -0.449 e. The summed E-state index contributed by atoms with van der Waals surface area (Å²) in [6.45, 7) is 1.53. The van der Waals surface area contributed by atoms with E-state index in [2.05, 4.69) is 5.32 Å². The molecule has 1 atom stereocenters. The molecule has 0 unspecified atom stereocenters. The maximum Gasteiger partial charge on any atom is 0.338 e. The molecule has 3 rings (SSSR count). The molecule has 0 saturated carbocycles. The van der Waals surface area contributed by atoms with Gasteiger partial charge in [0.1, 0.15) is 0 Å². The zero-order valence-electron chi connectivity index (χ0n) is 15.8. The molecule has 0 saturated heterocycles. The van der Waals surface area contributed by atoms with Crippen LogP contribution in [0.4, 0.5) is 5.69 Å². The highest BCUT2D eigenvalue weighted by Crippen LogP contribution is 2.23. The van der Waals surface area contributed by atoms with Crippen LogP contribution in [0, 0.1) is 0 Å². The van der Waals surface area contributed by atoms with Crippen molar-refractivity contribution in [1.29, 1.82) is 0 Å². The molecule has 0 spiro atoms. The maximum absolute atomic E-state index is 12.8. The Labute approximate surface area is 174 Å². The highest BCUT2D eigenvalue weighted by Gasteiger charge is 2.23. The molecule has 3 aromatic carbocycles. The van der Waals surface area contributed by atoms with Gasteiger partial charge in [0.25, 0.3) is 5.91 Å². The third kappa shape index (κ3) is 5.15. The second kappa shape index (κ2) is 9.26. The third-order valence-corrected chi connectivity index (χ3v) is 4.78. The smallest absolute Gasteiger partial charge is 0.338 e. The van der Waals surface area contributed by atoms with E-state index in [0.29, 0.717) is 5.02 Å². The summed E-state index contributed by atoms with van der Waals surface area (Å²) in [5.41, 5.74) is 8.08. The van der Waals surface area contributed by atoms with Gasteiger partial charge in [-0.05, 0) is 36.2 Å². The lowest BCUT2D eigenvalue weighted by Crippen LogP contribution is -2.38. The van der Waals surface area contributed by atoms with Crippen molar-refractivity contribution in [3.8, 4) is 0 Å². The number of carbonyl (C=O) groups is 2. The number of carbonyl (C=O) groups excluding carboxylic acids is 2. The predicted molar refractivity (Wildman–Crippen MR) is 114 cm³/mol. The summed E-state index contributed by atoms with van der Waals surface area (Å²) < 4.78 is 5.32. The molecule has 29 heavy (non-hydrogen) atoms. The van der Waals surface area contributed by atoms with Gasteiger partial charge in [-0.2, -0.15) is 0 Å². The van der Waals surface area contributed by atoms with Gasteiger partial charge in [0.15, 0.2) is 6.10 Å². The van der Waals surface area contributed by atoms with Crippen molar-refractivity contribution in [2.75, 3.05) is 5.73 Å². The largest absolute Gasteiger partial charge is 0.449 e. The number of esters is 1. The van der Waals surface area contributed by atoms with E-state index in [4.69, 9.17) is 22.1 Å². The molecule has 3 N–H and O–H groups in total. The number of ether oxygens (including phenoxy) is 1. The van der Waals surface area contributed by atoms with Crippen molar-refractivity contribution in [3.05, 3.63) is 101 Å². The van der Waals surface area contributed by atoms with Gasteiger partial charge in [-0.15, -0.1) is 0 Å². The first-order valence-electron chi connectivity index (χ1n) is 9.12. The van der Waals surface area contributed by atoms with Gasteiger partial charge in [0, 0.05) is 0 Å². The molecule has 0 aromatic heterocycles. The quantitative estimate of drug-likeness (QED) is 0.468. The average molecular weight is 409 g/mol. The normalized spacial score (nSPS) is 11.7. The van der Waals surface area contributed by atoms with E-state index in [1.165, 1.54) is 25.1 Å². The molecule has 0 aliphatic rings. The van der Waals surface area contributed by atoms with E-state index in [0.717, 1.165) is 11.1 Å². The molecule has 0 radical (unpaired) electrons. The van der Waals surface area contributed by atoms with Crippen LogP contribution in [0.25, 0.3) is 0 Å². The molecule has 0 fully saturated rings. The lowest BCUT2D eigenvalue weighted by atomic mass is 9.98. The van der Waals surface area contributed by atoms with Gasteiger partial charge in [-0.25, -0.2) is 4.79 Å². The van der Waals surface area contributed by atoms with E-state index >= 15 is 0 Å². The Hall–Kier alpha value is -3.31. The summed E-state index contributed by atoms with van der Waals surface area (Å²) in [4.78, 5) is 25.1. The highest BCUT2D eigenvalue weighted by atomic mass is 35.5. The van der Waals surface area contributed by atoms with Gasteiger partial charge >= 0.3 is 5.97 Å². The lowest BCUT2D eigenvalue weighted by Gasteiger charge is -2.22. The molecular formula is C23H21ClN2O3. The van der Waals surface area contributed by atoms with Crippen LogP contribution in [0.3, 0.4) is 0 Å². The Kier molecular flexibility index (Phi) is 6.52. The fourth-order valence-electron chi connectivity index (χ4n) is 2.86. The van der Waals surface area contributed by atoms with Crippen molar-refractivity contribution in [2.45, 2.75) is 19.1 Å². The van der Waals surface area contributed by atoms with Crippen LogP contribution in [-0.2, 0) is 9.53 Å². The first-order chi connectivity index (χ1) is 14.0. The number of anilines is 1. The summed E-state index contributed by atoms with van der Waals surface area (Å²) >= 11 is 5.87. The summed E-state index contributed by atoms with van der Waals surface area (Å²) in [7, 11) is 0. The predicted octanol–water partition coefficient (Wildman–Crippen LogP) is 4.37. The number of halogens is 1. The Morgan fingerprint density at radius 2 is 1.48 bits per heavy atom. The molecule has 3 aromatic rings. The summed E-state index contributed by atoms with van der Waals surface area (Å²) in [5.74, 6) is -1.05. The number of nitrogens with one attached hydrogen (secondary N) is 1.